The number of hydrogen-bond donors (Lipinski definition) is 0. The third-order valence-corrected chi connectivity index (χ3v) is 9.22. The van der Waals surface area contributed by atoms with E-state index in [0.717, 1.165) is 32.2 Å². The Morgan fingerprint density at radius 2 is 2.00 bits per heavy atom. The number of alkyl halides is 1. The van der Waals surface area contributed by atoms with Crippen molar-refractivity contribution in [2.45, 2.75) is 89.1 Å². The fourth-order valence-electron chi connectivity index (χ4n) is 6.81. The van der Waals surface area contributed by atoms with E-state index in [9.17, 15) is 9.18 Å². The highest BCUT2D eigenvalue weighted by atomic mass is 79.9. The first kappa shape index (κ1) is 23.4. The van der Waals surface area contributed by atoms with Crippen LogP contribution in [0.2, 0.25) is 0 Å². The Balaban J connectivity index is 1.37. The van der Waals surface area contributed by atoms with E-state index in [0.29, 0.717) is 31.9 Å². The minimum Gasteiger partial charge on any atom is -0.461 e. The maximum atomic E-state index is 15.8. The van der Waals surface area contributed by atoms with Crippen LogP contribution in [0.25, 0.3) is 10.9 Å². The largest absolute Gasteiger partial charge is 0.461 e. The van der Waals surface area contributed by atoms with Crippen molar-refractivity contribution >= 4 is 38.7 Å². The molecule has 2 bridgehead atoms. The molecule has 4 fully saturated rings. The summed E-state index contributed by atoms with van der Waals surface area (Å²) in [4.78, 5) is 28.0. The smallest absolute Gasteiger partial charge is 0.410 e. The highest BCUT2D eigenvalue weighted by Crippen LogP contribution is 2.41. The summed E-state index contributed by atoms with van der Waals surface area (Å²) in [5.41, 5.74) is -1.32. The van der Waals surface area contributed by atoms with E-state index >= 15 is 4.39 Å². The normalized spacial score (nSPS) is 30.3. The van der Waals surface area contributed by atoms with Gasteiger partial charge in [0.05, 0.1) is 22.1 Å². The molecule has 0 radical (unpaired) electrons. The van der Waals surface area contributed by atoms with Crippen LogP contribution in [0.1, 0.15) is 62.6 Å². The fourth-order valence-corrected chi connectivity index (χ4v) is 7.11. The molecule has 8 nitrogen and oxygen atoms in total. The zero-order valence-electron chi connectivity index (χ0n) is 25.5. The number of anilines is 1. The predicted molar refractivity (Wildman–Crippen MR) is 148 cm³/mol. The molecule has 0 N–H and O–H groups in total. The standard InChI is InChI=1S/C28H36BrF2N5O3/c1-16-10-20-23(22(31)21(16)29)32-25(38-15-28-8-5-9-35(28)12-17(30)11-28)33-24(20)34-13-18-6-7-19(14-34)36(18)26(37)39-27(2,3)4/h10,17-19H,5-9,11-15H2,1-4H3/t17-,18-,19+,28+/m1/s1/i1D3. The molecule has 4 atom stereocenters. The van der Waals surface area contributed by atoms with Gasteiger partial charge in [-0.25, -0.2) is 13.6 Å². The van der Waals surface area contributed by atoms with Gasteiger partial charge >= 0.3 is 12.1 Å². The quantitative estimate of drug-likeness (QED) is 0.460. The molecule has 11 heteroatoms. The minimum absolute atomic E-state index is 0.0459. The molecule has 4 saturated heterocycles. The Hall–Kier alpha value is -2.27. The zero-order chi connectivity index (χ0) is 30.2. The summed E-state index contributed by atoms with van der Waals surface area (Å²) in [6.07, 6.45) is 2.37. The van der Waals surface area contributed by atoms with Crippen molar-refractivity contribution in [1.82, 2.24) is 19.8 Å². The van der Waals surface area contributed by atoms with Crippen LogP contribution >= 0.6 is 15.9 Å². The van der Waals surface area contributed by atoms with Gasteiger partial charge in [-0.3, -0.25) is 9.80 Å². The molecule has 1 aromatic carbocycles. The van der Waals surface area contributed by atoms with Crippen LogP contribution in [0.5, 0.6) is 6.01 Å². The number of carbonyl (C=O) groups is 1. The molecule has 2 aromatic rings. The average molecular weight is 612 g/mol. The van der Waals surface area contributed by atoms with Crippen molar-refractivity contribution in [2.24, 2.45) is 0 Å². The number of fused-ring (bicyclic) bond motifs is 4. The molecule has 39 heavy (non-hydrogen) atoms. The van der Waals surface area contributed by atoms with Gasteiger partial charge in [0, 0.05) is 35.6 Å². The molecule has 5 heterocycles. The van der Waals surface area contributed by atoms with Gasteiger partial charge in [0.2, 0.25) is 0 Å². The Labute approximate surface area is 240 Å². The second kappa shape index (κ2) is 9.68. The fraction of sp³-hybridized carbons (Fsp3) is 0.679. The summed E-state index contributed by atoms with van der Waals surface area (Å²) in [6.45, 7) is 5.07. The molecule has 0 unspecified atom stereocenters. The summed E-state index contributed by atoms with van der Waals surface area (Å²) < 4.78 is 65.7. The summed E-state index contributed by atoms with van der Waals surface area (Å²) in [7, 11) is 0. The van der Waals surface area contributed by atoms with Gasteiger partial charge in [-0.05, 0) is 87.4 Å². The van der Waals surface area contributed by atoms with Crippen molar-refractivity contribution in [3.63, 3.8) is 0 Å². The second-order valence-electron chi connectivity index (χ2n) is 12.3. The molecular formula is C28H36BrF2N5O3. The Morgan fingerprint density at radius 1 is 1.26 bits per heavy atom. The minimum atomic E-state index is -2.58. The van der Waals surface area contributed by atoms with Crippen LogP contribution in [0.3, 0.4) is 0 Å². The number of nitrogens with zero attached hydrogens (tertiary/aromatic N) is 5. The van der Waals surface area contributed by atoms with E-state index in [-0.39, 0.29) is 51.7 Å². The number of amides is 1. The number of halogens is 3. The zero-order valence-corrected chi connectivity index (χ0v) is 24.1. The maximum absolute atomic E-state index is 15.8. The van der Waals surface area contributed by atoms with Crippen LogP contribution in [0, 0.1) is 12.7 Å². The lowest BCUT2D eigenvalue weighted by Crippen LogP contribution is -2.57. The van der Waals surface area contributed by atoms with Crippen LogP contribution < -0.4 is 9.64 Å². The average Bonchev–Trinajstić information content (AvgIpc) is 3.50. The number of aromatic nitrogens is 2. The topological polar surface area (TPSA) is 71.0 Å². The first-order valence-corrected chi connectivity index (χ1v) is 14.4. The van der Waals surface area contributed by atoms with Crippen LogP contribution in [-0.2, 0) is 4.74 Å². The third kappa shape index (κ3) is 4.83. The first-order chi connectivity index (χ1) is 19.6. The van der Waals surface area contributed by atoms with E-state index < -0.39 is 30.0 Å². The number of hydrogen-bond acceptors (Lipinski definition) is 7. The second-order valence-corrected chi connectivity index (χ2v) is 13.1. The van der Waals surface area contributed by atoms with Crippen molar-refractivity contribution in [3.8, 4) is 6.01 Å². The molecule has 0 spiro atoms. The van der Waals surface area contributed by atoms with Gasteiger partial charge in [0.25, 0.3) is 0 Å². The molecule has 0 saturated carbocycles. The molecule has 4 aliphatic rings. The molecule has 6 rings (SSSR count). The Morgan fingerprint density at radius 3 is 2.69 bits per heavy atom. The van der Waals surface area contributed by atoms with E-state index in [1.807, 2.05) is 25.7 Å². The molecule has 1 amide bonds. The first-order valence-electron chi connectivity index (χ1n) is 15.1. The molecular weight excluding hydrogens is 572 g/mol. The van der Waals surface area contributed by atoms with Gasteiger partial charge in [-0.15, -0.1) is 0 Å². The van der Waals surface area contributed by atoms with E-state index in [1.165, 1.54) is 6.07 Å². The van der Waals surface area contributed by atoms with Gasteiger partial charge < -0.3 is 14.4 Å². The lowest BCUT2D eigenvalue weighted by Gasteiger charge is -2.42. The SMILES string of the molecule is [2H]C([2H])([2H])c1cc2c(N3C[C@H]4CC[C@@H](C3)N4C(=O)OC(C)(C)C)nc(OC[C@@]34CCCN3C[C@H](F)C4)nc2c(F)c1Br. The van der Waals surface area contributed by atoms with Crippen LogP contribution in [0.4, 0.5) is 19.4 Å². The van der Waals surface area contributed by atoms with Gasteiger partial charge in [0.1, 0.15) is 29.7 Å². The number of piperazine rings is 1. The van der Waals surface area contributed by atoms with Crippen LogP contribution in [-0.4, -0.2) is 88.0 Å². The van der Waals surface area contributed by atoms with Crippen molar-refractivity contribution in [2.75, 3.05) is 37.7 Å². The van der Waals surface area contributed by atoms with E-state index in [4.69, 9.17) is 18.6 Å². The van der Waals surface area contributed by atoms with Crippen molar-refractivity contribution < 1.29 is 27.2 Å². The Bertz CT molecular complexity index is 1400. The van der Waals surface area contributed by atoms with Gasteiger partial charge in [-0.2, -0.15) is 9.97 Å². The van der Waals surface area contributed by atoms with Gasteiger partial charge in [-0.1, -0.05) is 0 Å². The lowest BCUT2D eigenvalue weighted by molar-refractivity contribution is 0.0122. The van der Waals surface area contributed by atoms with Crippen molar-refractivity contribution in [3.05, 3.63) is 21.9 Å². The molecule has 0 aliphatic carbocycles. The monoisotopic (exact) mass is 610 g/mol. The summed E-state index contributed by atoms with van der Waals surface area (Å²) in [5.74, 6) is -0.462. The number of aryl methyl sites for hydroxylation is 1. The summed E-state index contributed by atoms with van der Waals surface area (Å²) >= 11 is 3.14. The molecule has 212 valence electrons. The lowest BCUT2D eigenvalue weighted by atomic mass is 9.95. The van der Waals surface area contributed by atoms with Crippen molar-refractivity contribution in [1.29, 1.82) is 0 Å². The number of ether oxygens (including phenoxy) is 2. The summed E-state index contributed by atoms with van der Waals surface area (Å²) in [6, 6.07) is 1.07. The summed E-state index contributed by atoms with van der Waals surface area (Å²) in [5, 5.41) is 0.254. The predicted octanol–water partition coefficient (Wildman–Crippen LogP) is 5.38. The number of carbonyl (C=O) groups excluding carboxylic acids is 1. The van der Waals surface area contributed by atoms with Gasteiger partial charge in [0.15, 0.2) is 5.82 Å². The van der Waals surface area contributed by atoms with E-state index in [1.54, 1.807) is 4.90 Å². The maximum Gasteiger partial charge on any atom is 0.410 e. The molecule has 1 aromatic heterocycles. The number of rotatable bonds is 4. The molecule has 4 aliphatic heterocycles. The van der Waals surface area contributed by atoms with E-state index in [2.05, 4.69) is 25.8 Å². The highest BCUT2D eigenvalue weighted by Gasteiger charge is 2.50. The third-order valence-electron chi connectivity index (χ3n) is 8.45. The Kier molecular flexibility index (Phi) is 5.82. The number of benzene rings is 1. The van der Waals surface area contributed by atoms with Crippen LogP contribution in [0.15, 0.2) is 10.5 Å². The highest BCUT2D eigenvalue weighted by molar-refractivity contribution is 9.10.